The van der Waals surface area contributed by atoms with Gasteiger partial charge in [0.05, 0.1) is 19.3 Å². The number of benzene rings is 1. The molecule has 1 aromatic rings. The number of hydrogen-bond acceptors (Lipinski definition) is 7. The van der Waals surface area contributed by atoms with Gasteiger partial charge >= 0.3 is 0 Å². The lowest BCUT2D eigenvalue weighted by Crippen LogP contribution is -2.54. The Balaban J connectivity index is 2.15. The van der Waals surface area contributed by atoms with E-state index in [-0.39, 0.29) is 37.8 Å². The molecule has 0 aromatic heterocycles. The summed E-state index contributed by atoms with van der Waals surface area (Å²) in [6, 6.07) is 7.72. The number of azide groups is 1. The minimum atomic E-state index is -0.898. The van der Waals surface area contributed by atoms with E-state index in [1.165, 1.54) is 7.05 Å². The van der Waals surface area contributed by atoms with Crippen LogP contribution in [0.1, 0.15) is 18.4 Å². The van der Waals surface area contributed by atoms with Gasteiger partial charge in [0, 0.05) is 30.7 Å². The number of carbonyl (C=O) groups excluding carboxylic acids is 3. The molecule has 1 heterocycles. The van der Waals surface area contributed by atoms with Crippen LogP contribution in [0.15, 0.2) is 60.3 Å². The molecule has 0 spiro atoms. The van der Waals surface area contributed by atoms with Crippen molar-refractivity contribution in [3.8, 4) is 0 Å². The van der Waals surface area contributed by atoms with Crippen molar-refractivity contribution in [2.75, 3.05) is 32.2 Å². The molecule has 206 valence electrons. The monoisotopic (exact) mass is 544 g/mol. The predicted molar refractivity (Wildman–Crippen MR) is 147 cm³/mol. The van der Waals surface area contributed by atoms with Crippen LogP contribution >= 0.6 is 11.8 Å². The lowest BCUT2D eigenvalue weighted by atomic mass is 9.99. The molecule has 1 aliphatic heterocycles. The van der Waals surface area contributed by atoms with Gasteiger partial charge in [0.1, 0.15) is 12.1 Å². The van der Waals surface area contributed by atoms with Gasteiger partial charge in [0.25, 0.3) is 0 Å². The molecule has 3 N–H and O–H groups in total. The molecule has 3 amide bonds. The smallest absolute Gasteiger partial charge is 0.243 e. The van der Waals surface area contributed by atoms with Gasteiger partial charge in [-0.25, -0.2) is 0 Å². The lowest BCUT2D eigenvalue weighted by Gasteiger charge is -2.31. The van der Waals surface area contributed by atoms with Gasteiger partial charge < -0.3 is 25.4 Å². The largest absolute Gasteiger partial charge is 0.357 e. The van der Waals surface area contributed by atoms with Crippen molar-refractivity contribution in [2.24, 2.45) is 11.0 Å². The van der Waals surface area contributed by atoms with E-state index in [1.54, 1.807) is 30.0 Å². The fourth-order valence-electron chi connectivity index (χ4n) is 3.86. The topological polar surface area (TPSA) is 155 Å². The Kier molecular flexibility index (Phi) is 14.0. The number of amides is 3. The average Bonchev–Trinajstić information content (AvgIpc) is 2.93. The normalized spacial score (nSPS) is 19.9. The minimum absolute atomic E-state index is 0.00351. The number of rotatable bonds is 16. The first kappa shape index (κ1) is 30.9. The van der Waals surface area contributed by atoms with Crippen LogP contribution in [0.5, 0.6) is 0 Å². The number of nitrogens with one attached hydrogen (secondary N) is 3. The standard InChI is InChI=1S/C26H36N6O5S/c1-4-13-36-26-19(10-11-20(37-26)17-29-32-27)16-23(33)30-22(15-18-8-6-5-7-9-18)25(35)31-21(12-14-38-3)24(34)28-2/h4-11,19-22,26H,1,12-17H2,2-3H3,(H,28,34)(H,30,33)(H,31,35)/t19-,20+,21+,22+,26+/m1/s1. The Morgan fingerprint density at radius 3 is 2.63 bits per heavy atom. The van der Waals surface area contributed by atoms with Gasteiger partial charge in [0.2, 0.25) is 17.7 Å². The van der Waals surface area contributed by atoms with E-state index < -0.39 is 36.3 Å². The van der Waals surface area contributed by atoms with E-state index in [0.717, 1.165) is 5.56 Å². The maximum Gasteiger partial charge on any atom is 0.243 e. The van der Waals surface area contributed by atoms with Crippen molar-refractivity contribution in [1.82, 2.24) is 16.0 Å². The van der Waals surface area contributed by atoms with E-state index >= 15 is 0 Å². The van der Waals surface area contributed by atoms with Gasteiger partial charge in [0.15, 0.2) is 6.29 Å². The molecule has 0 unspecified atom stereocenters. The third-order valence-electron chi connectivity index (χ3n) is 5.78. The summed E-state index contributed by atoms with van der Waals surface area (Å²) in [6.07, 6.45) is 6.50. The Hall–Kier alpha value is -3.31. The number of hydrogen-bond donors (Lipinski definition) is 3. The number of likely N-dealkylation sites (N-methyl/N-ethyl adjacent to an activating group) is 1. The minimum Gasteiger partial charge on any atom is -0.357 e. The maximum absolute atomic E-state index is 13.3. The molecule has 0 radical (unpaired) electrons. The van der Waals surface area contributed by atoms with Crippen LogP contribution in [0.3, 0.4) is 0 Å². The van der Waals surface area contributed by atoms with Crippen molar-refractivity contribution < 1.29 is 23.9 Å². The number of ether oxygens (including phenoxy) is 2. The van der Waals surface area contributed by atoms with E-state index in [4.69, 9.17) is 15.0 Å². The van der Waals surface area contributed by atoms with Gasteiger partial charge in [-0.1, -0.05) is 53.7 Å². The third-order valence-corrected chi connectivity index (χ3v) is 6.42. The average molecular weight is 545 g/mol. The second kappa shape index (κ2) is 17.2. The molecule has 5 atom stereocenters. The summed E-state index contributed by atoms with van der Waals surface area (Å²) in [7, 11) is 1.52. The van der Waals surface area contributed by atoms with Crippen molar-refractivity contribution >= 4 is 29.5 Å². The van der Waals surface area contributed by atoms with Gasteiger partial charge in [-0.2, -0.15) is 11.8 Å². The van der Waals surface area contributed by atoms with Crippen LogP contribution < -0.4 is 16.0 Å². The summed E-state index contributed by atoms with van der Waals surface area (Å²) >= 11 is 1.58. The van der Waals surface area contributed by atoms with E-state index in [9.17, 15) is 14.4 Å². The molecule has 0 fully saturated rings. The molecule has 0 aliphatic carbocycles. The highest BCUT2D eigenvalue weighted by Crippen LogP contribution is 2.23. The fraction of sp³-hybridized carbons (Fsp3) is 0.500. The molecule has 1 aliphatic rings. The summed E-state index contributed by atoms with van der Waals surface area (Å²) in [5.41, 5.74) is 9.44. The predicted octanol–water partition coefficient (Wildman–Crippen LogP) is 2.50. The van der Waals surface area contributed by atoms with Crippen LogP contribution in [0.2, 0.25) is 0 Å². The van der Waals surface area contributed by atoms with Crippen LogP contribution in [-0.4, -0.2) is 74.4 Å². The summed E-state index contributed by atoms with van der Waals surface area (Å²) in [4.78, 5) is 41.5. The van der Waals surface area contributed by atoms with Crippen molar-refractivity contribution in [3.63, 3.8) is 0 Å². The molecule has 2 rings (SSSR count). The third kappa shape index (κ3) is 10.6. The Bertz CT molecular complexity index is 1000. The van der Waals surface area contributed by atoms with Crippen LogP contribution in [-0.2, 0) is 30.3 Å². The second-order valence-electron chi connectivity index (χ2n) is 8.60. The highest BCUT2D eigenvalue weighted by atomic mass is 32.2. The molecule has 1 aromatic carbocycles. The molecule has 0 saturated heterocycles. The fourth-order valence-corrected chi connectivity index (χ4v) is 4.34. The zero-order valence-corrected chi connectivity index (χ0v) is 22.6. The Morgan fingerprint density at radius 2 is 1.97 bits per heavy atom. The first-order chi connectivity index (χ1) is 18.4. The quantitative estimate of drug-likeness (QED) is 0.126. The first-order valence-corrected chi connectivity index (χ1v) is 13.7. The summed E-state index contributed by atoms with van der Waals surface area (Å²) in [6.45, 7) is 3.95. The summed E-state index contributed by atoms with van der Waals surface area (Å²) < 4.78 is 11.6. The molecular weight excluding hydrogens is 508 g/mol. The van der Waals surface area contributed by atoms with E-state index in [1.807, 2.05) is 36.6 Å². The summed E-state index contributed by atoms with van der Waals surface area (Å²) in [5.74, 6) is -0.853. The molecule has 11 nitrogen and oxygen atoms in total. The van der Waals surface area contributed by atoms with Gasteiger partial charge in [-0.3, -0.25) is 14.4 Å². The van der Waals surface area contributed by atoms with Crippen molar-refractivity contribution in [2.45, 2.75) is 43.7 Å². The SMILES string of the molecule is C=CCO[C@H]1O[C@H](CN=[N+]=[N-])C=C[C@@H]1CC(=O)N[C@@H](Cc1ccccc1)C(=O)N[C@@H](CCSC)C(=O)NC. The Labute approximate surface area is 227 Å². The highest BCUT2D eigenvalue weighted by molar-refractivity contribution is 7.98. The molecular formula is C26H36N6O5S. The van der Waals surface area contributed by atoms with Gasteiger partial charge in [-0.05, 0) is 29.5 Å². The highest BCUT2D eigenvalue weighted by Gasteiger charge is 2.31. The number of carbonyl (C=O) groups is 3. The molecule has 12 heteroatoms. The number of thioether (sulfide) groups is 1. The number of nitrogens with zero attached hydrogens (tertiary/aromatic N) is 3. The second-order valence-corrected chi connectivity index (χ2v) is 9.58. The zero-order valence-electron chi connectivity index (χ0n) is 21.7. The molecule has 0 bridgehead atoms. The van der Waals surface area contributed by atoms with Crippen LogP contribution in [0.25, 0.3) is 10.4 Å². The molecule has 0 saturated carbocycles. The van der Waals surface area contributed by atoms with E-state index in [0.29, 0.717) is 12.2 Å². The van der Waals surface area contributed by atoms with Gasteiger partial charge in [-0.15, -0.1) is 6.58 Å². The summed E-state index contributed by atoms with van der Waals surface area (Å²) in [5, 5.41) is 11.7. The maximum atomic E-state index is 13.3. The zero-order chi connectivity index (χ0) is 27.8. The lowest BCUT2D eigenvalue weighted by molar-refractivity contribution is -0.180. The van der Waals surface area contributed by atoms with Crippen molar-refractivity contribution in [3.05, 3.63) is 71.1 Å². The molecule has 38 heavy (non-hydrogen) atoms. The van der Waals surface area contributed by atoms with E-state index in [2.05, 4.69) is 32.6 Å². The first-order valence-electron chi connectivity index (χ1n) is 12.3. The Morgan fingerprint density at radius 1 is 1.21 bits per heavy atom. The van der Waals surface area contributed by atoms with Crippen molar-refractivity contribution in [1.29, 1.82) is 0 Å². The van der Waals surface area contributed by atoms with Crippen LogP contribution in [0, 0.1) is 5.92 Å². The van der Waals surface area contributed by atoms with Crippen LogP contribution in [0.4, 0.5) is 0 Å².